The number of nitrogens with one attached hydrogen (secondary N) is 1. The molecule has 0 radical (unpaired) electrons. The Hall–Kier alpha value is -1.74. The minimum atomic E-state index is 0.231. The van der Waals surface area contributed by atoms with Gasteiger partial charge in [-0.3, -0.25) is 0 Å². The molecule has 2 aromatic heterocycles. The second-order valence-electron chi connectivity index (χ2n) is 3.97. The topological polar surface area (TPSA) is 38.3 Å². The van der Waals surface area contributed by atoms with Gasteiger partial charge in [-0.15, -0.1) is 0 Å². The first-order valence-electron chi connectivity index (χ1n) is 5.36. The number of fused-ring (bicyclic) bond motifs is 2. The van der Waals surface area contributed by atoms with Gasteiger partial charge in [0, 0.05) is 22.4 Å². The Balaban J connectivity index is 2.46. The number of furan rings is 2. The molecular formula is C13H13NO2. The van der Waals surface area contributed by atoms with Crippen molar-refractivity contribution in [3.63, 3.8) is 0 Å². The first kappa shape index (κ1) is 9.48. The van der Waals surface area contributed by atoms with E-state index in [1.807, 2.05) is 25.2 Å². The fourth-order valence-electron chi connectivity index (χ4n) is 2.14. The molecule has 0 bridgehead atoms. The van der Waals surface area contributed by atoms with Crippen LogP contribution in [0.3, 0.4) is 0 Å². The molecule has 0 fully saturated rings. The standard InChI is InChI=1S/C13H13NO2/c1-8(14-2)12-10-4-6-15-11(10)7-9-3-5-16-13(9)12/h3-8,14H,1-2H3. The Morgan fingerprint density at radius 2 is 2.00 bits per heavy atom. The molecule has 1 N–H and O–H groups in total. The normalized spacial score (nSPS) is 13.6. The highest BCUT2D eigenvalue weighted by molar-refractivity contribution is 5.97. The molecule has 0 aliphatic carbocycles. The highest BCUT2D eigenvalue weighted by atomic mass is 16.3. The van der Waals surface area contributed by atoms with E-state index in [0.29, 0.717) is 0 Å². The molecule has 1 atom stereocenters. The Kier molecular flexibility index (Phi) is 2.01. The van der Waals surface area contributed by atoms with Crippen LogP contribution in [0, 0.1) is 0 Å². The van der Waals surface area contributed by atoms with E-state index in [1.165, 1.54) is 0 Å². The molecule has 2 heterocycles. The summed E-state index contributed by atoms with van der Waals surface area (Å²) in [6, 6.07) is 6.19. The van der Waals surface area contributed by atoms with Gasteiger partial charge in [0.1, 0.15) is 11.2 Å². The SMILES string of the molecule is CNC(C)c1c2ccoc2cc2ccoc12. The molecule has 3 rings (SSSR count). The number of hydrogen-bond donors (Lipinski definition) is 1. The van der Waals surface area contributed by atoms with Crippen LogP contribution in [0.5, 0.6) is 0 Å². The van der Waals surface area contributed by atoms with Crippen LogP contribution in [-0.2, 0) is 0 Å². The number of benzene rings is 1. The average Bonchev–Trinajstić information content (AvgIpc) is 2.91. The Labute approximate surface area is 93.0 Å². The monoisotopic (exact) mass is 215 g/mol. The fourth-order valence-corrected chi connectivity index (χ4v) is 2.14. The average molecular weight is 215 g/mol. The molecule has 0 aliphatic rings. The summed E-state index contributed by atoms with van der Waals surface area (Å²) in [7, 11) is 1.94. The number of hydrogen-bond acceptors (Lipinski definition) is 3. The maximum Gasteiger partial charge on any atom is 0.139 e. The zero-order chi connectivity index (χ0) is 11.1. The summed E-state index contributed by atoms with van der Waals surface area (Å²) in [6.07, 6.45) is 3.44. The van der Waals surface area contributed by atoms with E-state index < -0.39 is 0 Å². The van der Waals surface area contributed by atoms with Crippen molar-refractivity contribution in [2.45, 2.75) is 13.0 Å². The van der Waals surface area contributed by atoms with Crippen molar-refractivity contribution in [2.75, 3.05) is 7.05 Å². The quantitative estimate of drug-likeness (QED) is 0.711. The molecule has 0 spiro atoms. The van der Waals surface area contributed by atoms with E-state index in [4.69, 9.17) is 8.83 Å². The van der Waals surface area contributed by atoms with Crippen LogP contribution in [0.15, 0.2) is 39.6 Å². The minimum absolute atomic E-state index is 0.231. The van der Waals surface area contributed by atoms with E-state index in [2.05, 4.69) is 12.2 Å². The third kappa shape index (κ3) is 1.18. The molecule has 3 heteroatoms. The van der Waals surface area contributed by atoms with Gasteiger partial charge in [-0.05, 0) is 32.2 Å². The lowest BCUT2D eigenvalue weighted by Gasteiger charge is -2.12. The molecular weight excluding hydrogens is 202 g/mol. The van der Waals surface area contributed by atoms with Gasteiger partial charge >= 0.3 is 0 Å². The second kappa shape index (κ2) is 3.39. The summed E-state index contributed by atoms with van der Waals surface area (Å²) in [5.41, 5.74) is 3.01. The molecule has 1 aromatic carbocycles. The summed E-state index contributed by atoms with van der Waals surface area (Å²) >= 11 is 0. The zero-order valence-corrected chi connectivity index (χ0v) is 9.28. The van der Waals surface area contributed by atoms with Crippen LogP contribution in [-0.4, -0.2) is 7.05 Å². The van der Waals surface area contributed by atoms with Gasteiger partial charge in [0.15, 0.2) is 0 Å². The Morgan fingerprint density at radius 3 is 2.81 bits per heavy atom. The molecule has 0 saturated carbocycles. The molecule has 0 saturated heterocycles. The van der Waals surface area contributed by atoms with E-state index >= 15 is 0 Å². The number of rotatable bonds is 2. The van der Waals surface area contributed by atoms with Crippen LogP contribution < -0.4 is 5.32 Å². The third-order valence-corrected chi connectivity index (χ3v) is 3.08. The van der Waals surface area contributed by atoms with Gasteiger partial charge < -0.3 is 14.2 Å². The summed E-state index contributed by atoms with van der Waals surface area (Å²) in [6.45, 7) is 2.11. The lowest BCUT2D eigenvalue weighted by atomic mass is 10.0. The molecule has 0 aliphatic heterocycles. The van der Waals surface area contributed by atoms with E-state index in [0.717, 1.165) is 27.5 Å². The highest BCUT2D eigenvalue weighted by Gasteiger charge is 2.16. The smallest absolute Gasteiger partial charge is 0.139 e. The maximum absolute atomic E-state index is 5.57. The predicted molar refractivity (Wildman–Crippen MR) is 63.5 cm³/mol. The van der Waals surface area contributed by atoms with Crippen LogP contribution >= 0.6 is 0 Å². The van der Waals surface area contributed by atoms with Gasteiger partial charge in [0.25, 0.3) is 0 Å². The Bertz CT molecular complexity index is 587. The molecule has 1 unspecified atom stereocenters. The van der Waals surface area contributed by atoms with E-state index in [-0.39, 0.29) is 6.04 Å². The minimum Gasteiger partial charge on any atom is -0.464 e. The summed E-state index contributed by atoms with van der Waals surface area (Å²) in [5.74, 6) is 0. The lowest BCUT2D eigenvalue weighted by molar-refractivity contribution is 0.590. The van der Waals surface area contributed by atoms with Gasteiger partial charge in [0.2, 0.25) is 0 Å². The molecule has 16 heavy (non-hydrogen) atoms. The molecule has 3 nitrogen and oxygen atoms in total. The van der Waals surface area contributed by atoms with Crippen molar-refractivity contribution in [3.05, 3.63) is 36.3 Å². The lowest BCUT2D eigenvalue weighted by Crippen LogP contribution is -2.12. The summed E-state index contributed by atoms with van der Waals surface area (Å²) in [4.78, 5) is 0. The predicted octanol–water partition coefficient (Wildman–Crippen LogP) is 3.46. The Morgan fingerprint density at radius 1 is 1.19 bits per heavy atom. The molecule has 82 valence electrons. The van der Waals surface area contributed by atoms with Gasteiger partial charge in [-0.2, -0.15) is 0 Å². The first-order chi connectivity index (χ1) is 7.81. The van der Waals surface area contributed by atoms with Gasteiger partial charge in [0.05, 0.1) is 12.5 Å². The van der Waals surface area contributed by atoms with Crippen LogP contribution in [0.4, 0.5) is 0 Å². The van der Waals surface area contributed by atoms with Crippen molar-refractivity contribution >= 4 is 21.9 Å². The van der Waals surface area contributed by atoms with Gasteiger partial charge in [-0.1, -0.05) is 0 Å². The molecule has 3 aromatic rings. The summed E-state index contributed by atoms with van der Waals surface area (Å²) < 4.78 is 11.0. The van der Waals surface area contributed by atoms with Crippen molar-refractivity contribution in [1.82, 2.24) is 5.32 Å². The maximum atomic E-state index is 5.57. The van der Waals surface area contributed by atoms with Crippen molar-refractivity contribution in [3.8, 4) is 0 Å². The van der Waals surface area contributed by atoms with Crippen molar-refractivity contribution in [1.29, 1.82) is 0 Å². The van der Waals surface area contributed by atoms with Crippen LogP contribution in [0.25, 0.3) is 21.9 Å². The zero-order valence-electron chi connectivity index (χ0n) is 9.28. The highest BCUT2D eigenvalue weighted by Crippen LogP contribution is 2.33. The fraction of sp³-hybridized carbons (Fsp3) is 0.231. The van der Waals surface area contributed by atoms with E-state index in [9.17, 15) is 0 Å². The largest absolute Gasteiger partial charge is 0.464 e. The summed E-state index contributed by atoms with van der Waals surface area (Å²) in [5, 5.41) is 5.44. The van der Waals surface area contributed by atoms with Crippen molar-refractivity contribution < 1.29 is 8.83 Å². The third-order valence-electron chi connectivity index (χ3n) is 3.08. The molecule has 0 amide bonds. The van der Waals surface area contributed by atoms with Crippen molar-refractivity contribution in [2.24, 2.45) is 0 Å². The van der Waals surface area contributed by atoms with Crippen LogP contribution in [0.1, 0.15) is 18.5 Å². The van der Waals surface area contributed by atoms with Crippen LogP contribution in [0.2, 0.25) is 0 Å². The first-order valence-corrected chi connectivity index (χ1v) is 5.36. The second-order valence-corrected chi connectivity index (χ2v) is 3.97. The van der Waals surface area contributed by atoms with Gasteiger partial charge in [-0.25, -0.2) is 0 Å². The van der Waals surface area contributed by atoms with E-state index in [1.54, 1.807) is 12.5 Å².